The molecule has 0 aliphatic carbocycles. The molecular formula is C30H22N2O5. The van der Waals surface area contributed by atoms with Gasteiger partial charge in [-0.15, -0.1) is 0 Å². The fraction of sp³-hybridized carbons (Fsp3) is 0.0667. The van der Waals surface area contributed by atoms with Crippen LogP contribution in [0.25, 0.3) is 16.8 Å². The highest BCUT2D eigenvalue weighted by atomic mass is 16.5. The van der Waals surface area contributed by atoms with Crippen LogP contribution in [-0.2, 0) is 9.53 Å². The van der Waals surface area contributed by atoms with E-state index in [9.17, 15) is 19.6 Å². The van der Waals surface area contributed by atoms with E-state index in [0.717, 1.165) is 10.8 Å². The van der Waals surface area contributed by atoms with E-state index in [1.54, 1.807) is 55.5 Å². The van der Waals surface area contributed by atoms with Crippen LogP contribution < -0.4 is 10.1 Å². The summed E-state index contributed by atoms with van der Waals surface area (Å²) in [5.74, 6) is -1.31. The zero-order valence-corrected chi connectivity index (χ0v) is 19.9. The van der Waals surface area contributed by atoms with E-state index in [1.807, 2.05) is 36.4 Å². The maximum absolute atomic E-state index is 12.8. The number of anilines is 1. The van der Waals surface area contributed by atoms with Crippen LogP contribution >= 0.6 is 0 Å². The first kappa shape index (κ1) is 24.9. The zero-order chi connectivity index (χ0) is 26.2. The van der Waals surface area contributed by atoms with Gasteiger partial charge in [-0.2, -0.15) is 5.26 Å². The lowest BCUT2D eigenvalue weighted by atomic mass is 10.0. The van der Waals surface area contributed by atoms with Crippen LogP contribution in [0.4, 0.5) is 5.69 Å². The standard InChI is InChI=1S/C30H22N2O5/c1-2-36-29(34)22-13-15-24(16-14-22)32-28(33)23(19-31)17-20-7-5-10-25(18-20)37-30(35)27-12-6-9-21-8-3-4-11-26(21)27/h3-18H,2H2,1H3,(H,32,33)/b23-17+. The molecule has 37 heavy (non-hydrogen) atoms. The molecule has 0 atom stereocenters. The maximum atomic E-state index is 12.8. The summed E-state index contributed by atoms with van der Waals surface area (Å²) in [5, 5.41) is 13.9. The zero-order valence-electron chi connectivity index (χ0n) is 19.9. The lowest BCUT2D eigenvalue weighted by molar-refractivity contribution is -0.112. The Morgan fingerprint density at radius 1 is 0.892 bits per heavy atom. The van der Waals surface area contributed by atoms with E-state index in [0.29, 0.717) is 22.4 Å². The fourth-order valence-corrected chi connectivity index (χ4v) is 3.65. The Kier molecular flexibility index (Phi) is 7.72. The molecule has 0 saturated heterocycles. The maximum Gasteiger partial charge on any atom is 0.344 e. The van der Waals surface area contributed by atoms with Gasteiger partial charge in [-0.3, -0.25) is 4.79 Å². The largest absolute Gasteiger partial charge is 0.462 e. The molecule has 0 aromatic heterocycles. The van der Waals surface area contributed by atoms with Crippen molar-refractivity contribution in [2.75, 3.05) is 11.9 Å². The van der Waals surface area contributed by atoms with Gasteiger partial charge in [0.2, 0.25) is 0 Å². The number of amides is 1. The predicted molar refractivity (Wildman–Crippen MR) is 140 cm³/mol. The van der Waals surface area contributed by atoms with Crippen LogP contribution in [-0.4, -0.2) is 24.5 Å². The number of nitrogens with zero attached hydrogens (tertiary/aromatic N) is 1. The molecule has 7 heteroatoms. The second kappa shape index (κ2) is 11.5. The van der Waals surface area contributed by atoms with Crippen LogP contribution in [0.1, 0.15) is 33.2 Å². The topological polar surface area (TPSA) is 105 Å². The molecule has 0 radical (unpaired) electrons. The molecule has 182 valence electrons. The predicted octanol–water partition coefficient (Wildman–Crippen LogP) is 5.78. The quantitative estimate of drug-likeness (QED) is 0.152. The smallest absolute Gasteiger partial charge is 0.344 e. The summed E-state index contributed by atoms with van der Waals surface area (Å²) >= 11 is 0. The molecule has 0 spiro atoms. The molecule has 1 amide bonds. The Bertz CT molecular complexity index is 1540. The number of rotatable bonds is 7. The summed E-state index contributed by atoms with van der Waals surface area (Å²) in [6.45, 7) is 1.98. The highest BCUT2D eigenvalue weighted by Crippen LogP contribution is 2.22. The van der Waals surface area contributed by atoms with Crippen molar-refractivity contribution in [1.82, 2.24) is 0 Å². The molecule has 0 aliphatic heterocycles. The Labute approximate surface area is 213 Å². The molecule has 4 aromatic rings. The number of benzene rings is 4. The summed E-state index contributed by atoms with van der Waals surface area (Å²) in [6, 6.07) is 27.5. The van der Waals surface area contributed by atoms with E-state index in [4.69, 9.17) is 9.47 Å². The summed E-state index contributed by atoms with van der Waals surface area (Å²) < 4.78 is 10.5. The molecule has 0 heterocycles. The first-order valence-electron chi connectivity index (χ1n) is 11.5. The van der Waals surface area contributed by atoms with Gasteiger partial charge in [0.25, 0.3) is 5.91 Å². The van der Waals surface area contributed by atoms with Crippen LogP contribution in [0.5, 0.6) is 5.75 Å². The SMILES string of the molecule is CCOC(=O)c1ccc(NC(=O)/C(C#N)=C/c2cccc(OC(=O)c3cccc4ccccc34)c2)cc1. The van der Waals surface area contributed by atoms with Crippen LogP contribution in [0.2, 0.25) is 0 Å². The third kappa shape index (κ3) is 6.08. The van der Waals surface area contributed by atoms with Crippen LogP contribution in [0.3, 0.4) is 0 Å². The van der Waals surface area contributed by atoms with Gasteiger partial charge < -0.3 is 14.8 Å². The summed E-state index contributed by atoms with van der Waals surface area (Å²) in [6.07, 6.45) is 1.40. The van der Waals surface area contributed by atoms with E-state index < -0.39 is 17.8 Å². The van der Waals surface area contributed by atoms with E-state index in [-0.39, 0.29) is 17.9 Å². The number of nitriles is 1. The first-order chi connectivity index (χ1) is 18.0. The summed E-state index contributed by atoms with van der Waals surface area (Å²) in [4.78, 5) is 37.3. The molecule has 0 saturated carbocycles. The minimum atomic E-state index is -0.621. The number of ether oxygens (including phenoxy) is 2. The Hall–Kier alpha value is -5.22. The normalized spacial score (nSPS) is 10.9. The van der Waals surface area contributed by atoms with Crippen LogP contribution in [0.15, 0.2) is 96.6 Å². The molecule has 7 nitrogen and oxygen atoms in total. The second-order valence-electron chi connectivity index (χ2n) is 7.91. The van der Waals surface area contributed by atoms with Gasteiger partial charge in [0.15, 0.2) is 0 Å². The van der Waals surface area contributed by atoms with Crippen molar-refractivity contribution in [3.8, 4) is 11.8 Å². The van der Waals surface area contributed by atoms with Crippen molar-refractivity contribution in [2.45, 2.75) is 6.92 Å². The minimum Gasteiger partial charge on any atom is -0.462 e. The summed E-state index contributed by atoms with van der Waals surface area (Å²) in [7, 11) is 0. The number of carbonyl (C=O) groups is 3. The van der Waals surface area contributed by atoms with Gasteiger partial charge >= 0.3 is 11.9 Å². The molecule has 0 bridgehead atoms. The van der Waals surface area contributed by atoms with E-state index >= 15 is 0 Å². The van der Waals surface area contributed by atoms with Crippen molar-refractivity contribution < 1.29 is 23.9 Å². The lowest BCUT2D eigenvalue weighted by Gasteiger charge is -2.08. The van der Waals surface area contributed by atoms with Gasteiger partial charge in [0, 0.05) is 5.69 Å². The van der Waals surface area contributed by atoms with Gasteiger partial charge in [-0.05, 0) is 71.8 Å². The molecule has 0 aliphatic rings. The third-order valence-electron chi connectivity index (χ3n) is 5.41. The van der Waals surface area contributed by atoms with E-state index in [2.05, 4.69) is 5.32 Å². The van der Waals surface area contributed by atoms with Crippen molar-refractivity contribution >= 4 is 40.4 Å². The van der Waals surface area contributed by atoms with Crippen molar-refractivity contribution in [3.05, 3.63) is 113 Å². The molecule has 0 fully saturated rings. The molecule has 4 rings (SSSR count). The molecule has 4 aromatic carbocycles. The number of hydrogen-bond donors (Lipinski definition) is 1. The Balaban J connectivity index is 1.48. The number of esters is 2. The molecular weight excluding hydrogens is 468 g/mol. The number of fused-ring (bicyclic) bond motifs is 1. The summed E-state index contributed by atoms with van der Waals surface area (Å²) in [5.41, 5.74) is 1.56. The number of carbonyl (C=O) groups excluding carboxylic acids is 3. The average Bonchev–Trinajstić information content (AvgIpc) is 2.92. The van der Waals surface area contributed by atoms with Gasteiger partial charge in [0.1, 0.15) is 17.4 Å². The van der Waals surface area contributed by atoms with Crippen molar-refractivity contribution in [3.63, 3.8) is 0 Å². The lowest BCUT2D eigenvalue weighted by Crippen LogP contribution is -2.13. The average molecular weight is 491 g/mol. The fourth-order valence-electron chi connectivity index (χ4n) is 3.65. The monoisotopic (exact) mass is 490 g/mol. The highest BCUT2D eigenvalue weighted by molar-refractivity contribution is 6.10. The Morgan fingerprint density at radius 3 is 2.38 bits per heavy atom. The van der Waals surface area contributed by atoms with Crippen molar-refractivity contribution in [1.29, 1.82) is 5.26 Å². The second-order valence-corrected chi connectivity index (χ2v) is 7.91. The van der Waals surface area contributed by atoms with Gasteiger partial charge in [-0.1, -0.05) is 48.5 Å². The third-order valence-corrected chi connectivity index (χ3v) is 5.41. The van der Waals surface area contributed by atoms with Gasteiger partial charge in [-0.25, -0.2) is 9.59 Å². The number of nitrogens with one attached hydrogen (secondary N) is 1. The van der Waals surface area contributed by atoms with Crippen molar-refractivity contribution in [2.24, 2.45) is 0 Å². The van der Waals surface area contributed by atoms with Gasteiger partial charge in [0.05, 0.1) is 17.7 Å². The van der Waals surface area contributed by atoms with E-state index in [1.165, 1.54) is 18.2 Å². The molecule has 0 unspecified atom stereocenters. The molecule has 1 N–H and O–H groups in total. The highest BCUT2D eigenvalue weighted by Gasteiger charge is 2.14. The number of hydrogen-bond acceptors (Lipinski definition) is 6. The Morgan fingerprint density at radius 2 is 1.62 bits per heavy atom. The minimum absolute atomic E-state index is 0.146. The first-order valence-corrected chi connectivity index (χ1v) is 11.5. The van der Waals surface area contributed by atoms with Crippen LogP contribution in [0, 0.1) is 11.3 Å².